The summed E-state index contributed by atoms with van der Waals surface area (Å²) >= 11 is 0. The Hall–Kier alpha value is -1.93. The molecule has 2 aliphatic rings. The first-order chi connectivity index (χ1) is 22.8. The molecule has 0 saturated heterocycles. The molecule has 0 unspecified atom stereocenters. The summed E-state index contributed by atoms with van der Waals surface area (Å²) in [5, 5.41) is 0. The zero-order valence-corrected chi connectivity index (χ0v) is 26.5. The van der Waals surface area contributed by atoms with Crippen molar-refractivity contribution in [2.75, 3.05) is 6.61 Å². The summed E-state index contributed by atoms with van der Waals surface area (Å²) in [5.41, 5.74) is 0. The maximum atomic E-state index is 14.2. The summed E-state index contributed by atoms with van der Waals surface area (Å²) in [6.45, 7) is -1.24. The van der Waals surface area contributed by atoms with Gasteiger partial charge < -0.3 is 4.74 Å². The van der Waals surface area contributed by atoms with Crippen LogP contribution in [0.4, 0.5) is 87.8 Å². The third-order valence-electron chi connectivity index (χ3n) is 9.79. The highest BCUT2D eigenvalue weighted by Crippen LogP contribution is 2.65. The molecule has 0 aliphatic heterocycles. The largest absolute Gasteiger partial charge is 0.459 e. The van der Waals surface area contributed by atoms with Gasteiger partial charge in [0.1, 0.15) is 0 Å². The van der Waals surface area contributed by atoms with Crippen LogP contribution < -0.4 is 0 Å². The van der Waals surface area contributed by atoms with Gasteiger partial charge in [0.25, 0.3) is 0 Å². The van der Waals surface area contributed by atoms with E-state index in [-0.39, 0.29) is 24.7 Å². The van der Waals surface area contributed by atoms with E-state index in [9.17, 15) is 92.6 Å². The van der Waals surface area contributed by atoms with Crippen molar-refractivity contribution in [1.29, 1.82) is 0 Å². The Morgan fingerprint density at radius 1 is 0.549 bits per heavy atom. The summed E-state index contributed by atoms with van der Waals surface area (Å²) in [5.74, 6) is -78.0. The monoisotopic (exact) mass is 794 g/mol. The highest BCUT2D eigenvalue weighted by molar-refractivity contribution is 5.72. The van der Waals surface area contributed by atoms with Gasteiger partial charge >= 0.3 is 65.7 Å². The molecular weight excluding hydrogens is 760 g/mol. The van der Waals surface area contributed by atoms with Gasteiger partial charge in [-0.1, -0.05) is 45.4 Å². The Morgan fingerprint density at radius 3 is 1.31 bits per heavy atom. The van der Waals surface area contributed by atoms with E-state index in [1.807, 2.05) is 0 Å². The molecule has 2 nitrogen and oxygen atoms in total. The number of halogens is 20. The number of carbonyl (C=O) groups excluding carboxylic acids is 1. The number of rotatable bonds is 17. The lowest BCUT2D eigenvalue weighted by Gasteiger charge is -2.44. The van der Waals surface area contributed by atoms with E-state index in [1.165, 1.54) is 0 Å². The van der Waals surface area contributed by atoms with E-state index >= 15 is 0 Å². The van der Waals surface area contributed by atoms with Crippen LogP contribution in [0.3, 0.4) is 0 Å². The molecule has 2 aliphatic carbocycles. The average molecular weight is 795 g/mol. The summed E-state index contributed by atoms with van der Waals surface area (Å²) in [6.07, 6.45) is 2.25. The second-order valence-corrected chi connectivity index (χ2v) is 13.1. The third kappa shape index (κ3) is 7.71. The number of alkyl halides is 20. The van der Waals surface area contributed by atoms with Gasteiger partial charge in [-0.05, 0) is 56.3 Å². The smallest absolute Gasteiger partial charge is 0.385 e. The summed E-state index contributed by atoms with van der Waals surface area (Å²) < 4.78 is 276. The summed E-state index contributed by atoms with van der Waals surface area (Å²) in [7, 11) is 0. The van der Waals surface area contributed by atoms with Crippen LogP contribution in [-0.2, 0) is 9.53 Å². The molecule has 302 valence electrons. The van der Waals surface area contributed by atoms with Crippen molar-refractivity contribution in [2.45, 2.75) is 144 Å². The highest BCUT2D eigenvalue weighted by Gasteiger charge is 2.96. The topological polar surface area (TPSA) is 26.3 Å². The molecule has 22 heteroatoms. The number of esters is 1. The van der Waals surface area contributed by atoms with Gasteiger partial charge in [-0.2, -0.15) is 79.0 Å². The van der Waals surface area contributed by atoms with Crippen molar-refractivity contribution in [3.8, 4) is 0 Å². The molecule has 0 heterocycles. The lowest BCUT2D eigenvalue weighted by molar-refractivity contribution is -0.465. The van der Waals surface area contributed by atoms with Gasteiger partial charge in [0.05, 0.1) is 5.92 Å². The quantitative estimate of drug-likeness (QED) is 0.0833. The lowest BCUT2D eigenvalue weighted by Crippen LogP contribution is -2.76. The van der Waals surface area contributed by atoms with Crippen LogP contribution in [-0.4, -0.2) is 72.3 Å². The maximum absolute atomic E-state index is 14.2. The van der Waals surface area contributed by atoms with Crippen molar-refractivity contribution in [3.63, 3.8) is 0 Å². The van der Waals surface area contributed by atoms with Gasteiger partial charge in [-0.15, -0.1) is 0 Å². The Bertz CT molecular complexity index is 1150. The molecule has 2 fully saturated rings. The van der Waals surface area contributed by atoms with Crippen LogP contribution in [0, 0.1) is 23.7 Å². The number of hydrogen-bond acceptors (Lipinski definition) is 2. The molecule has 51 heavy (non-hydrogen) atoms. The molecule has 0 spiro atoms. The normalized spacial score (nSPS) is 24.2. The molecule has 0 radical (unpaired) electrons. The van der Waals surface area contributed by atoms with E-state index < -0.39 is 78.2 Å². The second kappa shape index (κ2) is 15.1. The van der Waals surface area contributed by atoms with Crippen LogP contribution in [0.25, 0.3) is 0 Å². The maximum Gasteiger partial charge on any atom is 0.385 e. The molecule has 0 amide bonds. The van der Waals surface area contributed by atoms with Gasteiger partial charge in [-0.25, -0.2) is 8.78 Å². The second-order valence-electron chi connectivity index (χ2n) is 13.1. The summed E-state index contributed by atoms with van der Waals surface area (Å²) in [4.78, 5) is 12.3. The Labute approximate surface area is 278 Å². The van der Waals surface area contributed by atoms with E-state index in [0.717, 1.165) is 51.4 Å². The van der Waals surface area contributed by atoms with Crippen LogP contribution >= 0.6 is 0 Å². The number of carbonyl (C=O) groups is 1. The predicted octanol–water partition coefficient (Wildman–Crippen LogP) is 11.7. The molecule has 0 bridgehead atoms. The molecule has 2 rings (SSSR count). The van der Waals surface area contributed by atoms with Crippen molar-refractivity contribution in [1.82, 2.24) is 0 Å². The van der Waals surface area contributed by atoms with Crippen LogP contribution in [0.15, 0.2) is 0 Å². The van der Waals surface area contributed by atoms with Gasteiger partial charge in [0.2, 0.25) is 0 Å². The highest BCUT2D eigenvalue weighted by atomic mass is 19.4. The first-order valence-corrected chi connectivity index (χ1v) is 15.7. The molecule has 2 saturated carbocycles. The average Bonchev–Trinajstić information content (AvgIpc) is 3.03. The first kappa shape index (κ1) is 45.2. The molecule has 0 atom stereocenters. The fourth-order valence-electron chi connectivity index (χ4n) is 6.39. The zero-order chi connectivity index (χ0) is 39.9. The number of ether oxygens (including phenoxy) is 1. The Balaban J connectivity index is 2.16. The van der Waals surface area contributed by atoms with E-state index in [2.05, 4.69) is 11.7 Å². The predicted molar refractivity (Wildman–Crippen MR) is 137 cm³/mol. The lowest BCUT2D eigenvalue weighted by atomic mass is 9.68. The minimum atomic E-state index is -9.07. The zero-order valence-electron chi connectivity index (χ0n) is 26.5. The van der Waals surface area contributed by atoms with Crippen LogP contribution in [0.1, 0.15) is 84.0 Å². The first-order valence-electron chi connectivity index (χ1n) is 15.7. The molecular formula is C29H34F20O2. The minimum absolute atomic E-state index is 0.0612. The molecule has 0 aromatic carbocycles. The molecule has 0 N–H and O–H groups in total. The van der Waals surface area contributed by atoms with Crippen molar-refractivity contribution in [2.24, 2.45) is 23.7 Å². The van der Waals surface area contributed by atoms with Gasteiger partial charge in [0.15, 0.2) is 6.61 Å². The van der Waals surface area contributed by atoms with Crippen molar-refractivity contribution >= 4 is 5.97 Å². The van der Waals surface area contributed by atoms with Gasteiger partial charge in [0, 0.05) is 0 Å². The fraction of sp³-hybridized carbons (Fsp3) is 0.966. The summed E-state index contributed by atoms with van der Waals surface area (Å²) in [6, 6.07) is 0. The third-order valence-corrected chi connectivity index (χ3v) is 9.79. The number of hydrogen-bond donors (Lipinski definition) is 0. The number of unbranched alkanes of at least 4 members (excludes halogenated alkanes) is 2. The SMILES string of the molecule is CCCCCC1CCC(C2CCC(C(=O)OCC(F)(F)C(F)(F)C(F)(F)C(F)(F)C(F)(F)C(F)(F)C(F)(F)C(F)(F)C(F)(F)C(F)F)CC2)CC1. The van der Waals surface area contributed by atoms with E-state index in [0.29, 0.717) is 18.8 Å². The van der Waals surface area contributed by atoms with Crippen molar-refractivity contribution in [3.05, 3.63) is 0 Å². The van der Waals surface area contributed by atoms with E-state index in [4.69, 9.17) is 0 Å². The van der Waals surface area contributed by atoms with E-state index in [1.54, 1.807) is 0 Å². The molecule has 0 aromatic rings. The van der Waals surface area contributed by atoms with Crippen molar-refractivity contribution < 1.29 is 97.3 Å². The van der Waals surface area contributed by atoms with Crippen LogP contribution in [0.2, 0.25) is 0 Å². The van der Waals surface area contributed by atoms with Gasteiger partial charge in [-0.3, -0.25) is 4.79 Å². The standard InChI is InChI=1S/C29H34F20O2/c1-2-3-4-5-15-6-8-16(9-7-15)17-10-12-18(13-11-17)19(50)51-14-21(32,33)23(36,37)25(40,41)27(44,45)29(48,49)28(46,47)26(42,43)24(38,39)22(34,35)20(30)31/h15-18,20H,2-14H2,1H3. The minimum Gasteiger partial charge on any atom is -0.459 e. The molecule has 0 aromatic heterocycles. The van der Waals surface area contributed by atoms with Crippen LogP contribution in [0.5, 0.6) is 0 Å². The Kier molecular flexibility index (Phi) is 13.4. The fourth-order valence-corrected chi connectivity index (χ4v) is 6.39. The Morgan fingerprint density at radius 2 is 0.922 bits per heavy atom.